The maximum absolute atomic E-state index is 12.5. The number of ether oxygens (including phenoxy) is 2. The number of hydrogen-bond acceptors (Lipinski definition) is 7. The van der Waals surface area contributed by atoms with Crippen molar-refractivity contribution >= 4 is 33.9 Å². The quantitative estimate of drug-likeness (QED) is 0.451. The largest absolute Gasteiger partial charge is 0.496 e. The maximum Gasteiger partial charge on any atom is 0.338 e. The molecule has 0 fully saturated rings. The Hall–Kier alpha value is -3.98. The van der Waals surface area contributed by atoms with E-state index in [1.54, 1.807) is 48.5 Å². The molecule has 2 heterocycles. The van der Waals surface area contributed by atoms with Crippen molar-refractivity contribution < 1.29 is 19.1 Å². The number of thiazole rings is 1. The molecule has 0 saturated carbocycles. The molecule has 0 aliphatic heterocycles. The smallest absolute Gasteiger partial charge is 0.338 e. The second kappa shape index (κ2) is 9.03. The molecule has 0 bridgehead atoms. The minimum absolute atomic E-state index is 0.117. The van der Waals surface area contributed by atoms with Gasteiger partial charge in [-0.05, 0) is 43.3 Å². The molecule has 0 atom stereocenters. The summed E-state index contributed by atoms with van der Waals surface area (Å²) in [6, 6.07) is 14.6. The van der Waals surface area contributed by atoms with Gasteiger partial charge < -0.3 is 14.8 Å². The van der Waals surface area contributed by atoms with Gasteiger partial charge in [0.05, 0.1) is 23.9 Å². The summed E-state index contributed by atoms with van der Waals surface area (Å²) in [6.45, 7) is 1.71. The third kappa shape index (κ3) is 4.37. The Bertz CT molecular complexity index is 1360. The first kappa shape index (κ1) is 21.3. The second-order valence-corrected chi connectivity index (χ2v) is 7.73. The number of para-hydroxylation sites is 1. The van der Waals surface area contributed by atoms with Crippen molar-refractivity contribution in [3.05, 3.63) is 92.8 Å². The van der Waals surface area contributed by atoms with Crippen LogP contribution >= 0.6 is 11.3 Å². The average Bonchev–Trinajstić information content (AvgIpc) is 3.19. The SMILES string of the molecule is COc1ccccc1C(=O)Nc1ccc(C(=O)OCc2cc(=O)n3c(C)csc3n2)cc1. The van der Waals surface area contributed by atoms with Crippen LogP contribution in [-0.2, 0) is 11.3 Å². The van der Waals surface area contributed by atoms with Crippen molar-refractivity contribution in [1.29, 1.82) is 0 Å². The molecular formula is C23H19N3O5S. The van der Waals surface area contributed by atoms with E-state index in [2.05, 4.69) is 10.3 Å². The molecule has 0 spiro atoms. The summed E-state index contributed by atoms with van der Waals surface area (Å²) >= 11 is 1.35. The predicted molar refractivity (Wildman–Crippen MR) is 121 cm³/mol. The van der Waals surface area contributed by atoms with E-state index < -0.39 is 5.97 Å². The van der Waals surface area contributed by atoms with Crippen molar-refractivity contribution in [3.8, 4) is 5.75 Å². The highest BCUT2D eigenvalue weighted by Crippen LogP contribution is 2.20. The second-order valence-electron chi connectivity index (χ2n) is 6.89. The highest BCUT2D eigenvalue weighted by atomic mass is 32.1. The standard InChI is InChI=1S/C23H19N3O5S/c1-14-13-32-23-25-17(11-20(27)26(14)23)12-31-22(29)15-7-9-16(10-8-15)24-21(28)18-5-3-4-6-19(18)30-2/h3-11,13H,12H2,1-2H3,(H,24,28). The molecule has 2 aromatic carbocycles. The van der Waals surface area contributed by atoms with E-state index in [0.717, 1.165) is 5.69 Å². The molecule has 0 aliphatic carbocycles. The maximum atomic E-state index is 12.5. The van der Waals surface area contributed by atoms with Gasteiger partial charge in [0, 0.05) is 22.8 Å². The fourth-order valence-corrected chi connectivity index (χ4v) is 4.01. The van der Waals surface area contributed by atoms with E-state index in [-0.39, 0.29) is 18.1 Å². The lowest BCUT2D eigenvalue weighted by molar-refractivity contribution is 0.0467. The van der Waals surface area contributed by atoms with Crippen LogP contribution in [0.4, 0.5) is 5.69 Å². The Balaban J connectivity index is 1.40. The van der Waals surface area contributed by atoms with Gasteiger partial charge in [-0.3, -0.25) is 14.0 Å². The van der Waals surface area contributed by atoms with Gasteiger partial charge in [0.25, 0.3) is 11.5 Å². The van der Waals surface area contributed by atoms with Gasteiger partial charge in [-0.1, -0.05) is 12.1 Å². The van der Waals surface area contributed by atoms with Crippen molar-refractivity contribution in [2.75, 3.05) is 12.4 Å². The molecule has 8 nitrogen and oxygen atoms in total. The monoisotopic (exact) mass is 449 g/mol. The Labute approximate surface area is 187 Å². The normalized spacial score (nSPS) is 10.7. The molecule has 0 radical (unpaired) electrons. The number of rotatable bonds is 6. The van der Waals surface area contributed by atoms with Crippen molar-refractivity contribution in [3.63, 3.8) is 0 Å². The number of hydrogen-bond donors (Lipinski definition) is 1. The molecular weight excluding hydrogens is 430 g/mol. The van der Waals surface area contributed by atoms with Gasteiger partial charge in [0.2, 0.25) is 0 Å². The van der Waals surface area contributed by atoms with Crippen LogP contribution < -0.4 is 15.6 Å². The number of fused-ring (bicyclic) bond motifs is 1. The zero-order valence-electron chi connectivity index (χ0n) is 17.3. The molecule has 0 unspecified atom stereocenters. The number of carbonyl (C=O) groups excluding carboxylic acids is 2. The molecule has 1 amide bonds. The third-order valence-corrected chi connectivity index (χ3v) is 5.65. The van der Waals surface area contributed by atoms with E-state index in [1.165, 1.54) is 28.9 Å². The van der Waals surface area contributed by atoms with E-state index >= 15 is 0 Å². The Morgan fingerprint density at radius 3 is 2.62 bits per heavy atom. The van der Waals surface area contributed by atoms with Crippen LogP contribution in [0.2, 0.25) is 0 Å². The zero-order valence-corrected chi connectivity index (χ0v) is 18.1. The number of nitrogens with one attached hydrogen (secondary N) is 1. The topological polar surface area (TPSA) is 99.0 Å². The number of benzene rings is 2. The third-order valence-electron chi connectivity index (χ3n) is 4.71. The first-order valence-corrected chi connectivity index (χ1v) is 10.5. The summed E-state index contributed by atoms with van der Waals surface area (Å²) in [7, 11) is 1.50. The van der Waals surface area contributed by atoms with Crippen LogP contribution in [0.5, 0.6) is 5.75 Å². The van der Waals surface area contributed by atoms with Gasteiger partial charge in [0.1, 0.15) is 12.4 Å². The average molecular weight is 449 g/mol. The van der Waals surface area contributed by atoms with E-state index in [0.29, 0.717) is 33.2 Å². The Morgan fingerprint density at radius 2 is 1.88 bits per heavy atom. The highest BCUT2D eigenvalue weighted by molar-refractivity contribution is 7.15. The predicted octanol–water partition coefficient (Wildman–Crippen LogP) is 3.68. The van der Waals surface area contributed by atoms with Gasteiger partial charge in [-0.15, -0.1) is 11.3 Å². The summed E-state index contributed by atoms with van der Waals surface area (Å²) in [5.41, 5.74) is 2.21. The molecule has 32 heavy (non-hydrogen) atoms. The van der Waals surface area contributed by atoms with Crippen molar-refractivity contribution in [2.45, 2.75) is 13.5 Å². The van der Waals surface area contributed by atoms with Crippen LogP contribution in [0.1, 0.15) is 32.1 Å². The minimum Gasteiger partial charge on any atom is -0.496 e. The van der Waals surface area contributed by atoms with Crippen LogP contribution in [0.15, 0.2) is 64.8 Å². The number of aromatic nitrogens is 2. The van der Waals surface area contributed by atoms with Crippen LogP contribution in [0.25, 0.3) is 4.96 Å². The van der Waals surface area contributed by atoms with Gasteiger partial charge in [-0.2, -0.15) is 0 Å². The first-order valence-electron chi connectivity index (χ1n) is 9.64. The molecule has 4 aromatic rings. The first-order chi connectivity index (χ1) is 15.5. The van der Waals surface area contributed by atoms with E-state index in [9.17, 15) is 14.4 Å². The summed E-state index contributed by atoms with van der Waals surface area (Å²) < 4.78 is 12.0. The van der Waals surface area contributed by atoms with E-state index in [1.807, 2.05) is 12.3 Å². The Morgan fingerprint density at radius 1 is 1.12 bits per heavy atom. The van der Waals surface area contributed by atoms with E-state index in [4.69, 9.17) is 9.47 Å². The fraction of sp³-hybridized carbons (Fsp3) is 0.130. The minimum atomic E-state index is -0.558. The van der Waals surface area contributed by atoms with Gasteiger partial charge >= 0.3 is 5.97 Å². The fourth-order valence-electron chi connectivity index (χ4n) is 3.12. The van der Waals surface area contributed by atoms with Gasteiger partial charge in [0.15, 0.2) is 4.96 Å². The Kier molecular flexibility index (Phi) is 6.00. The number of carbonyl (C=O) groups is 2. The summed E-state index contributed by atoms with van der Waals surface area (Å²) in [5, 5.41) is 4.61. The lowest BCUT2D eigenvalue weighted by Crippen LogP contribution is -2.16. The van der Waals surface area contributed by atoms with Crippen molar-refractivity contribution in [1.82, 2.24) is 9.38 Å². The van der Waals surface area contributed by atoms with Gasteiger partial charge in [-0.25, -0.2) is 9.78 Å². The number of nitrogens with zero attached hydrogens (tertiary/aromatic N) is 2. The van der Waals surface area contributed by atoms with Crippen LogP contribution in [-0.4, -0.2) is 28.4 Å². The number of amides is 1. The molecule has 162 valence electrons. The zero-order chi connectivity index (χ0) is 22.7. The molecule has 9 heteroatoms. The van der Waals surface area contributed by atoms with Crippen LogP contribution in [0.3, 0.4) is 0 Å². The number of esters is 1. The summed E-state index contributed by atoms with van der Waals surface area (Å²) in [5.74, 6) is -0.416. The lowest BCUT2D eigenvalue weighted by atomic mass is 10.1. The number of anilines is 1. The molecule has 0 saturated heterocycles. The lowest BCUT2D eigenvalue weighted by Gasteiger charge is -2.10. The van der Waals surface area contributed by atoms with Crippen LogP contribution in [0, 0.1) is 6.92 Å². The van der Waals surface area contributed by atoms with Crippen molar-refractivity contribution in [2.24, 2.45) is 0 Å². The molecule has 4 rings (SSSR count). The highest BCUT2D eigenvalue weighted by Gasteiger charge is 2.13. The molecule has 0 aliphatic rings. The molecule has 1 N–H and O–H groups in total. The summed E-state index contributed by atoms with van der Waals surface area (Å²) in [4.78, 5) is 42.0. The number of aryl methyl sites for hydroxylation is 1. The molecule has 2 aromatic heterocycles. The summed E-state index contributed by atoms with van der Waals surface area (Å²) in [6.07, 6.45) is 0. The number of methoxy groups -OCH3 is 1.